The van der Waals surface area contributed by atoms with E-state index in [9.17, 15) is 9.18 Å². The topological polar surface area (TPSA) is 46.8 Å². The number of imidazole rings is 1. The summed E-state index contributed by atoms with van der Waals surface area (Å²) in [6, 6.07) is 6.52. The fourth-order valence-corrected chi connectivity index (χ4v) is 4.12. The first-order valence-electron chi connectivity index (χ1n) is 8.72. The van der Waals surface area contributed by atoms with Crippen LogP contribution in [-0.2, 0) is 4.74 Å². The lowest BCUT2D eigenvalue weighted by molar-refractivity contribution is -0.000302. The highest BCUT2D eigenvalue weighted by atomic mass is 32.1. The summed E-state index contributed by atoms with van der Waals surface area (Å²) in [5.41, 5.74) is 1.51. The van der Waals surface area contributed by atoms with Crippen LogP contribution in [0.1, 0.15) is 29.8 Å². The molecule has 1 amide bonds. The van der Waals surface area contributed by atoms with Gasteiger partial charge in [-0.1, -0.05) is 12.1 Å². The molecule has 0 bridgehead atoms. The summed E-state index contributed by atoms with van der Waals surface area (Å²) in [5.74, 6) is -0.402. The molecule has 0 spiro atoms. The largest absolute Gasteiger partial charge is 0.376 e. The van der Waals surface area contributed by atoms with Crippen LogP contribution >= 0.6 is 11.3 Å². The minimum atomic E-state index is -0.322. The summed E-state index contributed by atoms with van der Waals surface area (Å²) < 4.78 is 21.5. The zero-order valence-corrected chi connectivity index (χ0v) is 15.3. The molecule has 136 valence electrons. The van der Waals surface area contributed by atoms with Crippen molar-refractivity contribution in [1.82, 2.24) is 14.3 Å². The molecule has 1 aromatic carbocycles. The Morgan fingerprint density at radius 3 is 3.04 bits per heavy atom. The fraction of sp³-hybridized carbons (Fsp3) is 0.368. The van der Waals surface area contributed by atoms with E-state index in [0.29, 0.717) is 28.5 Å². The number of ether oxygens (including phenoxy) is 1. The Balaban J connectivity index is 1.58. The van der Waals surface area contributed by atoms with Gasteiger partial charge in [-0.15, -0.1) is 11.3 Å². The van der Waals surface area contributed by atoms with Gasteiger partial charge in [-0.2, -0.15) is 0 Å². The van der Waals surface area contributed by atoms with E-state index < -0.39 is 0 Å². The van der Waals surface area contributed by atoms with Crippen molar-refractivity contribution in [3.05, 3.63) is 47.4 Å². The van der Waals surface area contributed by atoms with Crippen molar-refractivity contribution in [1.29, 1.82) is 0 Å². The Bertz CT molecular complexity index is 930. The van der Waals surface area contributed by atoms with Crippen molar-refractivity contribution in [2.45, 2.75) is 25.4 Å². The third-order valence-electron chi connectivity index (χ3n) is 4.68. The van der Waals surface area contributed by atoms with Gasteiger partial charge in [-0.3, -0.25) is 9.20 Å². The highest BCUT2D eigenvalue weighted by Gasteiger charge is 2.23. The number of benzene rings is 1. The number of amides is 1. The Hall–Kier alpha value is -2.25. The number of aromatic nitrogens is 2. The predicted molar refractivity (Wildman–Crippen MR) is 99.0 cm³/mol. The molecule has 26 heavy (non-hydrogen) atoms. The second-order valence-corrected chi connectivity index (χ2v) is 7.39. The Kier molecular flexibility index (Phi) is 4.74. The van der Waals surface area contributed by atoms with Crippen molar-refractivity contribution < 1.29 is 13.9 Å². The molecule has 1 saturated heterocycles. The number of likely N-dealkylation sites (N-methyl/N-ethyl adjacent to an activating group) is 1. The molecule has 0 N–H and O–H groups in total. The molecule has 0 saturated carbocycles. The van der Waals surface area contributed by atoms with Crippen molar-refractivity contribution in [2.75, 3.05) is 20.2 Å². The van der Waals surface area contributed by atoms with E-state index in [4.69, 9.17) is 4.74 Å². The van der Waals surface area contributed by atoms with Gasteiger partial charge in [0.15, 0.2) is 4.96 Å². The normalized spacial score (nSPS) is 17.5. The van der Waals surface area contributed by atoms with E-state index in [0.717, 1.165) is 25.9 Å². The number of hydrogen-bond donors (Lipinski definition) is 0. The average Bonchev–Trinajstić information content (AvgIpc) is 3.23. The average molecular weight is 373 g/mol. The minimum absolute atomic E-state index is 0.0806. The van der Waals surface area contributed by atoms with Gasteiger partial charge in [0.2, 0.25) is 0 Å². The van der Waals surface area contributed by atoms with Gasteiger partial charge in [-0.25, -0.2) is 9.37 Å². The Labute approximate surface area is 155 Å². The number of carbonyl (C=O) groups excluding carboxylic acids is 1. The summed E-state index contributed by atoms with van der Waals surface area (Å²) in [5, 5.41) is 1.80. The first kappa shape index (κ1) is 17.2. The Morgan fingerprint density at radius 2 is 2.27 bits per heavy atom. The van der Waals surface area contributed by atoms with E-state index in [1.54, 1.807) is 46.1 Å². The van der Waals surface area contributed by atoms with Crippen molar-refractivity contribution in [2.24, 2.45) is 0 Å². The molecule has 2 aromatic heterocycles. The quantitative estimate of drug-likeness (QED) is 0.698. The molecule has 3 aromatic rings. The van der Waals surface area contributed by atoms with E-state index in [1.165, 1.54) is 17.4 Å². The SMILES string of the molecule is CN(C[C@@H]1CCCCO1)C(=O)c1csc2nc(-c3ccccc3F)cn12. The van der Waals surface area contributed by atoms with E-state index >= 15 is 0 Å². The standard InChI is InChI=1S/C19H20FN3O2S/c1-22(10-13-6-4-5-9-25-13)18(24)17-12-26-19-21-16(11-23(17)19)14-7-2-3-8-15(14)20/h2-3,7-8,11-13H,4-6,9-10H2,1H3/t13-/m0/s1. The highest BCUT2D eigenvalue weighted by molar-refractivity contribution is 7.15. The van der Waals surface area contributed by atoms with Crippen molar-refractivity contribution >= 4 is 22.2 Å². The van der Waals surface area contributed by atoms with Crippen LogP contribution in [0.25, 0.3) is 16.2 Å². The second-order valence-electron chi connectivity index (χ2n) is 6.55. The highest BCUT2D eigenvalue weighted by Crippen LogP contribution is 2.26. The minimum Gasteiger partial charge on any atom is -0.376 e. The molecule has 7 heteroatoms. The maximum Gasteiger partial charge on any atom is 0.271 e. The summed E-state index contributed by atoms with van der Waals surface area (Å²) in [7, 11) is 1.79. The molecule has 1 aliphatic heterocycles. The zero-order chi connectivity index (χ0) is 18.1. The van der Waals surface area contributed by atoms with Gasteiger partial charge in [0.05, 0.1) is 11.8 Å². The number of nitrogens with zero attached hydrogens (tertiary/aromatic N) is 3. The molecule has 0 unspecified atom stereocenters. The van der Waals surface area contributed by atoms with Gasteiger partial charge in [0.1, 0.15) is 11.5 Å². The summed E-state index contributed by atoms with van der Waals surface area (Å²) in [6.45, 7) is 1.34. The van der Waals surface area contributed by atoms with Crippen LogP contribution in [0.4, 0.5) is 4.39 Å². The number of thiazole rings is 1. The summed E-state index contributed by atoms with van der Waals surface area (Å²) in [4.78, 5) is 19.7. The van der Waals surface area contributed by atoms with Gasteiger partial charge in [0, 0.05) is 37.3 Å². The van der Waals surface area contributed by atoms with Crippen LogP contribution in [-0.4, -0.2) is 46.5 Å². The number of hydrogen-bond acceptors (Lipinski definition) is 4. The molecule has 1 atom stereocenters. The predicted octanol–water partition coefficient (Wildman–Crippen LogP) is 3.84. The lowest BCUT2D eigenvalue weighted by Gasteiger charge is -2.27. The first-order valence-corrected chi connectivity index (χ1v) is 9.60. The van der Waals surface area contributed by atoms with Gasteiger partial charge in [-0.05, 0) is 31.4 Å². The van der Waals surface area contributed by atoms with Crippen LogP contribution in [0, 0.1) is 5.82 Å². The van der Waals surface area contributed by atoms with Crippen LogP contribution in [0.15, 0.2) is 35.8 Å². The summed E-state index contributed by atoms with van der Waals surface area (Å²) in [6.07, 6.45) is 5.04. The maximum absolute atomic E-state index is 14.0. The van der Waals surface area contributed by atoms with Gasteiger partial charge in [0.25, 0.3) is 5.91 Å². The third kappa shape index (κ3) is 3.24. The smallest absolute Gasteiger partial charge is 0.271 e. The third-order valence-corrected chi connectivity index (χ3v) is 5.52. The van der Waals surface area contributed by atoms with Crippen LogP contribution < -0.4 is 0 Å². The molecule has 1 fully saturated rings. The molecule has 3 heterocycles. The number of rotatable bonds is 4. The molecule has 1 aliphatic rings. The van der Waals surface area contributed by atoms with E-state index in [2.05, 4.69) is 4.98 Å². The molecular weight excluding hydrogens is 353 g/mol. The lowest BCUT2D eigenvalue weighted by atomic mass is 10.1. The first-order chi connectivity index (χ1) is 12.6. The zero-order valence-electron chi connectivity index (χ0n) is 14.5. The Morgan fingerprint density at radius 1 is 1.42 bits per heavy atom. The number of carbonyl (C=O) groups is 1. The number of fused-ring (bicyclic) bond motifs is 1. The fourth-order valence-electron chi connectivity index (χ4n) is 3.27. The van der Waals surface area contributed by atoms with E-state index in [-0.39, 0.29) is 17.8 Å². The molecular formula is C19H20FN3O2S. The van der Waals surface area contributed by atoms with Crippen LogP contribution in [0.5, 0.6) is 0 Å². The monoisotopic (exact) mass is 373 g/mol. The molecule has 0 aliphatic carbocycles. The van der Waals surface area contributed by atoms with Crippen molar-refractivity contribution in [3.63, 3.8) is 0 Å². The van der Waals surface area contributed by atoms with E-state index in [1.807, 2.05) is 0 Å². The lowest BCUT2D eigenvalue weighted by Crippen LogP contribution is -2.37. The summed E-state index contributed by atoms with van der Waals surface area (Å²) >= 11 is 1.38. The molecule has 4 rings (SSSR count). The second kappa shape index (κ2) is 7.17. The van der Waals surface area contributed by atoms with Crippen LogP contribution in [0.2, 0.25) is 0 Å². The van der Waals surface area contributed by atoms with Crippen LogP contribution in [0.3, 0.4) is 0 Å². The molecule has 0 radical (unpaired) electrons. The van der Waals surface area contributed by atoms with Gasteiger partial charge >= 0.3 is 0 Å². The maximum atomic E-state index is 14.0. The van der Waals surface area contributed by atoms with Crippen molar-refractivity contribution in [3.8, 4) is 11.3 Å². The van der Waals surface area contributed by atoms with Gasteiger partial charge < -0.3 is 9.64 Å². The molecule has 5 nitrogen and oxygen atoms in total. The number of halogens is 1.